The maximum Gasteiger partial charge on any atom is 0.305 e. The normalized spacial score (nSPS) is 28.8. The molecule has 1 rings (SSSR count). The molecule has 1 aliphatic carbocycles. The molecule has 0 radical (unpaired) electrons. The number of nitrogens with zero attached hydrogens (tertiary/aromatic N) is 1. The Balaban J connectivity index is 2.77. The van der Waals surface area contributed by atoms with Gasteiger partial charge in [-0.15, -0.1) is 0 Å². The highest BCUT2D eigenvalue weighted by Crippen LogP contribution is 2.36. The Hall–Kier alpha value is -1.39. The van der Waals surface area contributed by atoms with Crippen LogP contribution in [0.1, 0.15) is 32.6 Å². The fourth-order valence-corrected chi connectivity index (χ4v) is 2.16. The molecule has 0 saturated heterocycles. The van der Waals surface area contributed by atoms with E-state index in [1.807, 2.05) is 19.1 Å². The zero-order valence-corrected chi connectivity index (χ0v) is 9.64. The van der Waals surface area contributed by atoms with Crippen LogP contribution in [0.15, 0.2) is 12.2 Å². The standard InChI is InChI=1S/C11H17NO4/c1-9-5-3-4-7-11(9,12(14)15)8-6-10(13)16-2/h3,5,9H,4,6-8H2,1-2H3. The van der Waals surface area contributed by atoms with Crippen LogP contribution in [0.2, 0.25) is 0 Å². The molecule has 2 unspecified atom stereocenters. The number of carbonyl (C=O) groups is 1. The van der Waals surface area contributed by atoms with E-state index in [4.69, 9.17) is 0 Å². The van der Waals surface area contributed by atoms with Crippen LogP contribution in [0.25, 0.3) is 0 Å². The molecule has 0 aliphatic heterocycles. The molecule has 5 heteroatoms. The van der Waals surface area contributed by atoms with Gasteiger partial charge in [-0.05, 0) is 6.42 Å². The summed E-state index contributed by atoms with van der Waals surface area (Å²) in [4.78, 5) is 22.0. The van der Waals surface area contributed by atoms with E-state index in [-0.39, 0.29) is 29.7 Å². The second-order valence-electron chi connectivity index (χ2n) is 4.19. The molecule has 5 nitrogen and oxygen atoms in total. The van der Waals surface area contributed by atoms with E-state index in [0.29, 0.717) is 12.8 Å². The third-order valence-electron chi connectivity index (χ3n) is 3.37. The van der Waals surface area contributed by atoms with Crippen molar-refractivity contribution in [2.75, 3.05) is 7.11 Å². The second kappa shape index (κ2) is 5.09. The minimum absolute atomic E-state index is 0.107. The van der Waals surface area contributed by atoms with Gasteiger partial charge in [0.25, 0.3) is 0 Å². The van der Waals surface area contributed by atoms with Crippen molar-refractivity contribution in [3.05, 3.63) is 22.3 Å². The number of hydrogen-bond donors (Lipinski definition) is 0. The largest absolute Gasteiger partial charge is 0.469 e. The minimum Gasteiger partial charge on any atom is -0.469 e. The van der Waals surface area contributed by atoms with Gasteiger partial charge in [-0.1, -0.05) is 19.1 Å². The fourth-order valence-electron chi connectivity index (χ4n) is 2.16. The number of carbonyl (C=O) groups excluding carboxylic acids is 1. The summed E-state index contributed by atoms with van der Waals surface area (Å²) in [5.74, 6) is -0.524. The number of nitro groups is 1. The van der Waals surface area contributed by atoms with Crippen LogP contribution >= 0.6 is 0 Å². The summed E-state index contributed by atoms with van der Waals surface area (Å²) in [6.45, 7) is 1.83. The SMILES string of the molecule is COC(=O)CCC1([N+](=O)[O-])CCC=CC1C. The lowest BCUT2D eigenvalue weighted by atomic mass is 9.75. The quantitative estimate of drug-likeness (QED) is 0.318. The Morgan fingerprint density at radius 3 is 2.88 bits per heavy atom. The molecule has 0 aromatic carbocycles. The summed E-state index contributed by atoms with van der Waals surface area (Å²) >= 11 is 0. The highest BCUT2D eigenvalue weighted by molar-refractivity contribution is 5.69. The van der Waals surface area contributed by atoms with Gasteiger partial charge in [0.15, 0.2) is 0 Å². The first kappa shape index (κ1) is 12.7. The molecule has 0 aromatic rings. The monoisotopic (exact) mass is 227 g/mol. The molecule has 90 valence electrons. The molecule has 0 heterocycles. The Morgan fingerprint density at radius 2 is 2.38 bits per heavy atom. The van der Waals surface area contributed by atoms with E-state index >= 15 is 0 Å². The Morgan fingerprint density at radius 1 is 1.69 bits per heavy atom. The molecule has 2 atom stereocenters. The van der Waals surface area contributed by atoms with Crippen molar-refractivity contribution < 1.29 is 14.5 Å². The van der Waals surface area contributed by atoms with Gasteiger partial charge in [0.05, 0.1) is 13.5 Å². The number of allylic oxidation sites excluding steroid dienone is 1. The number of hydrogen-bond acceptors (Lipinski definition) is 4. The van der Waals surface area contributed by atoms with Crippen molar-refractivity contribution in [1.29, 1.82) is 0 Å². The van der Waals surface area contributed by atoms with E-state index in [1.54, 1.807) is 0 Å². The summed E-state index contributed by atoms with van der Waals surface area (Å²) in [7, 11) is 1.30. The number of rotatable bonds is 4. The van der Waals surface area contributed by atoms with E-state index < -0.39 is 5.54 Å². The third kappa shape index (κ3) is 2.40. The summed E-state index contributed by atoms with van der Waals surface area (Å²) < 4.78 is 4.52. The van der Waals surface area contributed by atoms with Crippen LogP contribution in [0.5, 0.6) is 0 Å². The summed E-state index contributed by atoms with van der Waals surface area (Å²) in [5, 5.41) is 11.2. The van der Waals surface area contributed by atoms with Crippen LogP contribution in [0, 0.1) is 16.0 Å². The lowest BCUT2D eigenvalue weighted by Crippen LogP contribution is -2.45. The zero-order valence-electron chi connectivity index (χ0n) is 9.64. The molecule has 16 heavy (non-hydrogen) atoms. The first-order valence-electron chi connectivity index (χ1n) is 5.41. The molecular formula is C11H17NO4. The highest BCUT2D eigenvalue weighted by atomic mass is 16.6. The number of methoxy groups -OCH3 is 1. The molecule has 0 bridgehead atoms. The van der Waals surface area contributed by atoms with Crippen molar-refractivity contribution in [3.8, 4) is 0 Å². The predicted molar refractivity (Wildman–Crippen MR) is 58.5 cm³/mol. The van der Waals surface area contributed by atoms with Crippen molar-refractivity contribution in [3.63, 3.8) is 0 Å². The molecule has 0 amide bonds. The van der Waals surface area contributed by atoms with E-state index in [1.165, 1.54) is 7.11 Å². The van der Waals surface area contributed by atoms with Gasteiger partial charge in [0, 0.05) is 23.7 Å². The van der Waals surface area contributed by atoms with Gasteiger partial charge in [-0.25, -0.2) is 0 Å². The molecule has 1 aliphatic rings. The van der Waals surface area contributed by atoms with Crippen LogP contribution in [-0.2, 0) is 9.53 Å². The van der Waals surface area contributed by atoms with Crippen molar-refractivity contribution in [2.45, 2.75) is 38.1 Å². The molecule has 0 saturated carbocycles. The molecule has 0 fully saturated rings. The van der Waals surface area contributed by atoms with Crippen molar-refractivity contribution in [1.82, 2.24) is 0 Å². The van der Waals surface area contributed by atoms with E-state index in [2.05, 4.69) is 4.74 Å². The first-order valence-corrected chi connectivity index (χ1v) is 5.41. The van der Waals surface area contributed by atoms with Gasteiger partial charge in [0.1, 0.15) is 0 Å². The fraction of sp³-hybridized carbons (Fsp3) is 0.727. The summed E-state index contributed by atoms with van der Waals surface area (Å²) in [6.07, 6.45) is 5.38. The smallest absolute Gasteiger partial charge is 0.305 e. The maximum atomic E-state index is 11.2. The third-order valence-corrected chi connectivity index (χ3v) is 3.37. The summed E-state index contributed by atoms with van der Waals surface area (Å²) in [6, 6.07) is 0. The van der Waals surface area contributed by atoms with Crippen molar-refractivity contribution >= 4 is 5.97 Å². The zero-order chi connectivity index (χ0) is 12.2. The van der Waals surface area contributed by atoms with Crippen LogP contribution in [-0.4, -0.2) is 23.5 Å². The minimum atomic E-state index is -0.997. The van der Waals surface area contributed by atoms with Crippen LogP contribution in [0.4, 0.5) is 0 Å². The van der Waals surface area contributed by atoms with Crippen molar-refractivity contribution in [2.24, 2.45) is 5.92 Å². The Labute approximate surface area is 94.6 Å². The number of ether oxygens (including phenoxy) is 1. The van der Waals surface area contributed by atoms with Gasteiger partial charge in [0.2, 0.25) is 5.54 Å². The van der Waals surface area contributed by atoms with Crippen LogP contribution < -0.4 is 0 Å². The van der Waals surface area contributed by atoms with Crippen LogP contribution in [0.3, 0.4) is 0 Å². The summed E-state index contributed by atoms with van der Waals surface area (Å²) in [5.41, 5.74) is -0.997. The van der Waals surface area contributed by atoms with Gasteiger partial charge in [-0.3, -0.25) is 14.9 Å². The van der Waals surface area contributed by atoms with Gasteiger partial charge in [-0.2, -0.15) is 0 Å². The Kier molecular flexibility index (Phi) is 4.04. The van der Waals surface area contributed by atoms with Gasteiger partial charge < -0.3 is 4.74 Å². The average molecular weight is 227 g/mol. The predicted octanol–water partition coefficient (Wildman–Crippen LogP) is 1.94. The lowest BCUT2D eigenvalue weighted by molar-refractivity contribution is -0.581. The topological polar surface area (TPSA) is 69.4 Å². The maximum absolute atomic E-state index is 11.2. The van der Waals surface area contributed by atoms with Gasteiger partial charge >= 0.3 is 5.97 Å². The second-order valence-corrected chi connectivity index (χ2v) is 4.19. The molecular weight excluding hydrogens is 210 g/mol. The molecule has 0 spiro atoms. The molecule has 0 N–H and O–H groups in total. The first-order chi connectivity index (χ1) is 7.53. The molecule has 0 aromatic heterocycles. The number of esters is 1. The van der Waals surface area contributed by atoms with E-state index in [9.17, 15) is 14.9 Å². The Bertz CT molecular complexity index is 313. The average Bonchev–Trinajstić information content (AvgIpc) is 2.27. The highest BCUT2D eigenvalue weighted by Gasteiger charge is 2.47. The lowest BCUT2D eigenvalue weighted by Gasteiger charge is -2.31. The van der Waals surface area contributed by atoms with E-state index in [0.717, 1.165) is 0 Å².